The maximum absolute atomic E-state index is 13.5. The fourth-order valence-corrected chi connectivity index (χ4v) is 2.01. The van der Waals surface area contributed by atoms with Crippen LogP contribution in [0.15, 0.2) is 42.5 Å². The highest BCUT2D eigenvalue weighted by atomic mass is 32.1. The van der Waals surface area contributed by atoms with Crippen LogP contribution in [0.5, 0.6) is 5.75 Å². The summed E-state index contributed by atoms with van der Waals surface area (Å²) in [6.45, 7) is 2.12. The second-order valence-corrected chi connectivity index (χ2v) is 5.48. The van der Waals surface area contributed by atoms with E-state index in [-0.39, 0.29) is 10.7 Å². The van der Waals surface area contributed by atoms with E-state index < -0.39 is 11.7 Å². The number of rotatable bonds is 4. The number of ether oxygens (including phenoxy) is 1. The third-order valence-electron chi connectivity index (χ3n) is 3.34. The van der Waals surface area contributed by atoms with Gasteiger partial charge < -0.3 is 10.1 Å². The van der Waals surface area contributed by atoms with Gasteiger partial charge in [0.25, 0.3) is 5.91 Å². The molecule has 0 heterocycles. The fraction of sp³-hybridized carbons (Fsp3) is 0.176. The first-order valence-electron chi connectivity index (χ1n) is 7.23. The minimum atomic E-state index is -0.470. The minimum Gasteiger partial charge on any atom is -0.497 e. The van der Waals surface area contributed by atoms with Gasteiger partial charge in [-0.05, 0) is 54.5 Å². The van der Waals surface area contributed by atoms with Crippen molar-refractivity contribution in [3.8, 4) is 5.75 Å². The number of thiocarbonyl (C=S) groups is 1. The van der Waals surface area contributed by atoms with E-state index in [1.807, 2.05) is 24.3 Å². The first-order valence-corrected chi connectivity index (χ1v) is 7.63. The zero-order chi connectivity index (χ0) is 17.5. The number of hydrogen-bond acceptors (Lipinski definition) is 3. The quantitative estimate of drug-likeness (QED) is 0.586. The normalized spacial score (nSPS) is 9.96. The Labute approximate surface area is 145 Å². The number of carbonyl (C=O) groups is 1. The lowest BCUT2D eigenvalue weighted by Gasteiger charge is -2.12. The summed E-state index contributed by atoms with van der Waals surface area (Å²) in [5, 5.41) is 3.21. The molecule has 0 saturated carbocycles. The molecule has 3 N–H and O–H groups in total. The van der Waals surface area contributed by atoms with E-state index >= 15 is 0 Å². The van der Waals surface area contributed by atoms with Crippen molar-refractivity contribution in [1.29, 1.82) is 0 Å². The fourth-order valence-electron chi connectivity index (χ4n) is 1.89. The molecule has 0 bridgehead atoms. The van der Waals surface area contributed by atoms with E-state index in [2.05, 4.69) is 16.2 Å². The Morgan fingerprint density at radius 1 is 1.17 bits per heavy atom. The highest BCUT2D eigenvalue weighted by Gasteiger charge is 2.08. The maximum Gasteiger partial charge on any atom is 0.269 e. The Morgan fingerprint density at radius 2 is 1.88 bits per heavy atom. The largest absolute Gasteiger partial charge is 0.497 e. The van der Waals surface area contributed by atoms with Crippen molar-refractivity contribution in [1.82, 2.24) is 16.2 Å². The van der Waals surface area contributed by atoms with Crippen LogP contribution in [-0.4, -0.2) is 18.1 Å². The molecule has 7 heteroatoms. The number of carbonyl (C=O) groups excluding carboxylic acids is 1. The van der Waals surface area contributed by atoms with Crippen LogP contribution in [0.4, 0.5) is 4.39 Å². The number of methoxy groups -OCH3 is 1. The van der Waals surface area contributed by atoms with E-state index in [9.17, 15) is 9.18 Å². The van der Waals surface area contributed by atoms with Crippen LogP contribution >= 0.6 is 12.2 Å². The Bertz CT molecular complexity index is 735. The predicted molar refractivity (Wildman–Crippen MR) is 94.2 cm³/mol. The molecule has 0 radical (unpaired) electrons. The Balaban J connectivity index is 1.79. The first kappa shape index (κ1) is 17.7. The summed E-state index contributed by atoms with van der Waals surface area (Å²) in [6, 6.07) is 11.8. The molecular weight excluding hydrogens is 329 g/mol. The van der Waals surface area contributed by atoms with E-state index in [0.717, 1.165) is 11.3 Å². The van der Waals surface area contributed by atoms with E-state index in [4.69, 9.17) is 17.0 Å². The number of hydrogen-bond donors (Lipinski definition) is 3. The number of nitrogens with one attached hydrogen (secondary N) is 3. The summed E-state index contributed by atoms with van der Waals surface area (Å²) in [5.74, 6) is -0.123. The lowest BCUT2D eigenvalue weighted by atomic mass is 10.1. The monoisotopic (exact) mass is 347 g/mol. The Kier molecular flexibility index (Phi) is 6.08. The molecule has 0 aliphatic heterocycles. The van der Waals surface area contributed by atoms with E-state index in [1.54, 1.807) is 26.2 Å². The van der Waals surface area contributed by atoms with Crippen molar-refractivity contribution in [2.24, 2.45) is 0 Å². The summed E-state index contributed by atoms with van der Waals surface area (Å²) < 4.78 is 18.5. The zero-order valence-electron chi connectivity index (χ0n) is 13.4. The van der Waals surface area contributed by atoms with Crippen LogP contribution in [0.2, 0.25) is 0 Å². The molecule has 0 aliphatic rings. The number of aryl methyl sites for hydroxylation is 1. The molecule has 2 rings (SSSR count). The van der Waals surface area contributed by atoms with Gasteiger partial charge in [-0.25, -0.2) is 4.39 Å². The summed E-state index contributed by atoms with van der Waals surface area (Å²) in [6.07, 6.45) is 0. The standard InChI is InChI=1S/C17H18FN3O2S/c1-11-3-6-13(9-15(11)18)16(22)20-21-17(24)19-10-12-4-7-14(23-2)8-5-12/h3-9H,10H2,1-2H3,(H,20,22)(H2,19,21,24). The lowest BCUT2D eigenvalue weighted by Crippen LogP contribution is -2.46. The first-order chi connectivity index (χ1) is 11.5. The maximum atomic E-state index is 13.5. The SMILES string of the molecule is COc1ccc(CNC(=S)NNC(=O)c2ccc(C)c(F)c2)cc1. The highest BCUT2D eigenvalue weighted by Crippen LogP contribution is 2.11. The molecule has 0 atom stereocenters. The summed E-state index contributed by atoms with van der Waals surface area (Å²) in [4.78, 5) is 11.9. The van der Waals surface area contributed by atoms with Gasteiger partial charge in [-0.1, -0.05) is 18.2 Å². The van der Waals surface area contributed by atoms with Crippen molar-refractivity contribution < 1.29 is 13.9 Å². The second-order valence-electron chi connectivity index (χ2n) is 5.07. The van der Waals surface area contributed by atoms with Crippen molar-refractivity contribution in [2.45, 2.75) is 13.5 Å². The molecule has 2 aromatic carbocycles. The molecule has 0 fully saturated rings. The molecule has 0 aliphatic carbocycles. The molecule has 5 nitrogen and oxygen atoms in total. The van der Waals surface area contributed by atoms with Gasteiger partial charge in [0, 0.05) is 12.1 Å². The van der Waals surface area contributed by atoms with Gasteiger partial charge >= 0.3 is 0 Å². The second kappa shape index (κ2) is 8.26. The van der Waals surface area contributed by atoms with Crippen molar-refractivity contribution >= 4 is 23.2 Å². The van der Waals surface area contributed by atoms with E-state index in [1.165, 1.54) is 6.07 Å². The summed E-state index contributed by atoms with van der Waals surface area (Å²) >= 11 is 5.08. The van der Waals surface area contributed by atoms with Gasteiger partial charge in [0.05, 0.1) is 7.11 Å². The molecule has 2 aromatic rings. The van der Waals surface area contributed by atoms with Gasteiger partial charge in [-0.3, -0.25) is 15.6 Å². The van der Waals surface area contributed by atoms with Crippen molar-refractivity contribution in [3.63, 3.8) is 0 Å². The van der Waals surface area contributed by atoms with Crippen molar-refractivity contribution in [2.75, 3.05) is 7.11 Å². The Hall–Kier alpha value is -2.67. The number of halogens is 1. The van der Waals surface area contributed by atoms with Gasteiger partial charge in [0.1, 0.15) is 11.6 Å². The molecule has 0 spiro atoms. The van der Waals surface area contributed by atoms with E-state index in [0.29, 0.717) is 12.1 Å². The van der Waals surface area contributed by atoms with Crippen LogP contribution in [0.25, 0.3) is 0 Å². The molecule has 126 valence electrons. The van der Waals surface area contributed by atoms with Gasteiger partial charge in [-0.15, -0.1) is 0 Å². The Morgan fingerprint density at radius 3 is 2.50 bits per heavy atom. The van der Waals surface area contributed by atoms with Crippen LogP contribution in [0, 0.1) is 12.7 Å². The predicted octanol–water partition coefficient (Wildman–Crippen LogP) is 2.45. The van der Waals surface area contributed by atoms with Crippen LogP contribution < -0.4 is 20.9 Å². The van der Waals surface area contributed by atoms with Crippen LogP contribution in [0.1, 0.15) is 21.5 Å². The van der Waals surface area contributed by atoms with Crippen LogP contribution in [-0.2, 0) is 6.54 Å². The van der Waals surface area contributed by atoms with Gasteiger partial charge in [0.2, 0.25) is 0 Å². The molecular formula is C17H18FN3O2S. The highest BCUT2D eigenvalue weighted by molar-refractivity contribution is 7.80. The lowest BCUT2D eigenvalue weighted by molar-refractivity contribution is 0.0943. The third kappa shape index (κ3) is 4.92. The smallest absolute Gasteiger partial charge is 0.269 e. The average Bonchev–Trinajstić information content (AvgIpc) is 2.60. The molecule has 0 aromatic heterocycles. The zero-order valence-corrected chi connectivity index (χ0v) is 14.2. The van der Waals surface area contributed by atoms with Gasteiger partial charge in [0.15, 0.2) is 5.11 Å². The number of hydrazine groups is 1. The third-order valence-corrected chi connectivity index (χ3v) is 3.58. The summed E-state index contributed by atoms with van der Waals surface area (Å²) in [7, 11) is 1.61. The number of amides is 1. The molecule has 0 saturated heterocycles. The minimum absolute atomic E-state index is 0.212. The van der Waals surface area contributed by atoms with Gasteiger partial charge in [-0.2, -0.15) is 0 Å². The molecule has 1 amide bonds. The number of benzene rings is 2. The molecule has 24 heavy (non-hydrogen) atoms. The topological polar surface area (TPSA) is 62.4 Å². The molecule has 0 unspecified atom stereocenters. The van der Waals surface area contributed by atoms with Crippen LogP contribution in [0.3, 0.4) is 0 Å². The average molecular weight is 347 g/mol. The summed E-state index contributed by atoms with van der Waals surface area (Å²) in [5.41, 5.74) is 6.70. The van der Waals surface area contributed by atoms with Crippen molar-refractivity contribution in [3.05, 3.63) is 65.0 Å².